The van der Waals surface area contributed by atoms with Gasteiger partial charge in [0.1, 0.15) is 6.61 Å². The van der Waals surface area contributed by atoms with E-state index >= 15 is 0 Å². The van der Waals surface area contributed by atoms with E-state index in [0.717, 1.165) is 25.9 Å². The zero-order chi connectivity index (χ0) is 13.4. The third-order valence-corrected chi connectivity index (χ3v) is 2.96. The maximum Gasteiger partial charge on any atom is 0.329 e. The third-order valence-electron chi connectivity index (χ3n) is 2.96. The van der Waals surface area contributed by atoms with Crippen LogP contribution < -0.4 is 0 Å². The molecule has 1 atom stereocenters. The predicted octanol–water partition coefficient (Wildman–Crippen LogP) is -0.0506. The molecule has 1 aliphatic rings. The summed E-state index contributed by atoms with van der Waals surface area (Å²) in [4.78, 5) is 12.5. The van der Waals surface area contributed by atoms with Gasteiger partial charge in [0.25, 0.3) is 0 Å². The summed E-state index contributed by atoms with van der Waals surface area (Å²) in [5, 5.41) is 18.2. The van der Waals surface area contributed by atoms with E-state index in [-0.39, 0.29) is 12.7 Å². The normalized spacial score (nSPS) is 19.9. The van der Waals surface area contributed by atoms with Gasteiger partial charge >= 0.3 is 5.97 Å². The Morgan fingerprint density at radius 1 is 1.44 bits per heavy atom. The van der Waals surface area contributed by atoms with Crippen LogP contribution in [0.15, 0.2) is 0 Å². The molecule has 1 rings (SSSR count). The molecule has 1 unspecified atom stereocenters. The fraction of sp³-hybridized carbons (Fsp3) is 0.917. The summed E-state index contributed by atoms with van der Waals surface area (Å²) in [6.45, 7) is 4.91. The molecule has 0 spiro atoms. The third kappa shape index (κ3) is 6.30. The number of rotatable bonds is 8. The molecule has 0 aromatic rings. The van der Waals surface area contributed by atoms with E-state index in [9.17, 15) is 9.90 Å². The van der Waals surface area contributed by atoms with Gasteiger partial charge in [-0.05, 0) is 19.8 Å². The van der Waals surface area contributed by atoms with E-state index in [0.29, 0.717) is 19.8 Å². The van der Waals surface area contributed by atoms with Crippen molar-refractivity contribution in [2.75, 3.05) is 39.5 Å². The van der Waals surface area contributed by atoms with Crippen LogP contribution >= 0.6 is 0 Å². The zero-order valence-corrected chi connectivity index (χ0v) is 10.9. The van der Waals surface area contributed by atoms with E-state index in [2.05, 4.69) is 4.90 Å². The quantitative estimate of drug-likeness (QED) is 0.638. The van der Waals surface area contributed by atoms with Gasteiger partial charge in [-0.2, -0.15) is 0 Å². The van der Waals surface area contributed by atoms with Crippen LogP contribution in [0, 0.1) is 0 Å². The molecule has 6 heteroatoms. The van der Waals surface area contributed by atoms with E-state index in [1.165, 1.54) is 0 Å². The molecule has 0 bridgehead atoms. The molecule has 0 saturated carbocycles. The Morgan fingerprint density at radius 2 is 2.11 bits per heavy atom. The summed E-state index contributed by atoms with van der Waals surface area (Å²) in [5.74, 6) is -0.926. The van der Waals surface area contributed by atoms with Gasteiger partial charge in [0.05, 0.1) is 18.8 Å². The average molecular weight is 261 g/mol. The SMILES string of the molecule is CCOCC(O)CN1CCC(OCC(=O)O)CC1. The smallest absolute Gasteiger partial charge is 0.329 e. The number of piperidine rings is 1. The Balaban J connectivity index is 2.12. The fourth-order valence-corrected chi connectivity index (χ4v) is 2.05. The van der Waals surface area contributed by atoms with Crippen LogP contribution in [0.3, 0.4) is 0 Å². The van der Waals surface area contributed by atoms with Gasteiger partial charge in [0.2, 0.25) is 0 Å². The van der Waals surface area contributed by atoms with Crippen molar-refractivity contribution in [1.29, 1.82) is 0 Å². The van der Waals surface area contributed by atoms with Crippen molar-refractivity contribution in [2.45, 2.75) is 32.0 Å². The lowest BCUT2D eigenvalue weighted by Crippen LogP contribution is -2.42. The second-order valence-corrected chi connectivity index (χ2v) is 4.52. The Morgan fingerprint density at radius 3 is 2.67 bits per heavy atom. The fourth-order valence-electron chi connectivity index (χ4n) is 2.05. The Bertz CT molecular complexity index is 241. The molecule has 1 heterocycles. The summed E-state index contributed by atoms with van der Waals surface area (Å²) in [5.41, 5.74) is 0. The van der Waals surface area contributed by atoms with Crippen molar-refractivity contribution in [1.82, 2.24) is 4.90 Å². The van der Waals surface area contributed by atoms with E-state index in [1.54, 1.807) is 0 Å². The van der Waals surface area contributed by atoms with E-state index < -0.39 is 12.1 Å². The number of aliphatic hydroxyl groups excluding tert-OH is 1. The van der Waals surface area contributed by atoms with Crippen molar-refractivity contribution in [3.8, 4) is 0 Å². The largest absolute Gasteiger partial charge is 0.480 e. The second-order valence-electron chi connectivity index (χ2n) is 4.52. The summed E-state index contributed by atoms with van der Waals surface area (Å²) in [6.07, 6.45) is 1.20. The monoisotopic (exact) mass is 261 g/mol. The highest BCUT2D eigenvalue weighted by molar-refractivity contribution is 5.68. The Labute approximate surface area is 107 Å². The number of carboxylic acids is 1. The number of β-amino-alcohol motifs (C(OH)–C–C–N with tert-alkyl or cyclic N) is 1. The minimum atomic E-state index is -0.926. The number of aliphatic carboxylic acids is 1. The highest BCUT2D eigenvalue weighted by atomic mass is 16.5. The first kappa shape index (κ1) is 15.4. The van der Waals surface area contributed by atoms with Crippen LogP contribution in [-0.4, -0.2) is 72.7 Å². The lowest BCUT2D eigenvalue weighted by molar-refractivity contribution is -0.145. The maximum absolute atomic E-state index is 10.4. The molecule has 0 amide bonds. The first-order valence-corrected chi connectivity index (χ1v) is 6.43. The van der Waals surface area contributed by atoms with Gasteiger partial charge in [0, 0.05) is 26.2 Å². The van der Waals surface area contributed by atoms with Crippen molar-refractivity contribution in [3.05, 3.63) is 0 Å². The summed E-state index contributed by atoms with van der Waals surface area (Å²) >= 11 is 0. The van der Waals surface area contributed by atoms with Crippen molar-refractivity contribution in [3.63, 3.8) is 0 Å². The van der Waals surface area contributed by atoms with Crippen LogP contribution in [0.5, 0.6) is 0 Å². The molecular formula is C12H23NO5. The van der Waals surface area contributed by atoms with Gasteiger partial charge in [0.15, 0.2) is 0 Å². The Kier molecular flexibility index (Phi) is 7.19. The van der Waals surface area contributed by atoms with Crippen LogP contribution in [0.4, 0.5) is 0 Å². The molecule has 1 saturated heterocycles. The number of ether oxygens (including phenoxy) is 2. The Hall–Kier alpha value is -0.690. The number of carbonyl (C=O) groups is 1. The number of likely N-dealkylation sites (tertiary alicyclic amines) is 1. The minimum absolute atomic E-state index is 0.0291. The number of aliphatic hydroxyl groups is 1. The first-order chi connectivity index (χ1) is 8.61. The van der Waals surface area contributed by atoms with Crippen LogP contribution in [-0.2, 0) is 14.3 Å². The average Bonchev–Trinajstić information content (AvgIpc) is 2.35. The van der Waals surface area contributed by atoms with Crippen LogP contribution in [0.2, 0.25) is 0 Å². The molecule has 1 fully saturated rings. The molecule has 0 aromatic carbocycles. The van der Waals surface area contributed by atoms with Gasteiger partial charge in [-0.15, -0.1) is 0 Å². The molecule has 0 radical (unpaired) electrons. The van der Waals surface area contributed by atoms with Crippen molar-refractivity contribution < 1.29 is 24.5 Å². The standard InChI is InChI=1S/C12H23NO5/c1-2-17-8-10(14)7-13-5-3-11(4-6-13)18-9-12(15)16/h10-11,14H,2-9H2,1H3,(H,15,16). The lowest BCUT2D eigenvalue weighted by Gasteiger charge is -2.32. The van der Waals surface area contributed by atoms with Crippen molar-refractivity contribution >= 4 is 5.97 Å². The summed E-state index contributed by atoms with van der Waals surface area (Å²) < 4.78 is 10.4. The zero-order valence-electron chi connectivity index (χ0n) is 10.9. The van der Waals surface area contributed by atoms with Gasteiger partial charge in [-0.25, -0.2) is 4.79 Å². The number of carboxylic acid groups (broad SMARTS) is 1. The molecule has 1 aliphatic heterocycles. The minimum Gasteiger partial charge on any atom is -0.480 e. The first-order valence-electron chi connectivity index (χ1n) is 6.43. The molecule has 6 nitrogen and oxygen atoms in total. The molecule has 0 aliphatic carbocycles. The van der Waals surface area contributed by atoms with Crippen LogP contribution in [0.1, 0.15) is 19.8 Å². The highest BCUT2D eigenvalue weighted by Gasteiger charge is 2.21. The number of nitrogens with zero attached hydrogens (tertiary/aromatic N) is 1. The molecule has 106 valence electrons. The molecule has 2 N–H and O–H groups in total. The van der Waals surface area contributed by atoms with Crippen molar-refractivity contribution in [2.24, 2.45) is 0 Å². The molecular weight excluding hydrogens is 238 g/mol. The topological polar surface area (TPSA) is 79.2 Å². The van der Waals surface area contributed by atoms with Crippen LogP contribution in [0.25, 0.3) is 0 Å². The van der Waals surface area contributed by atoms with E-state index in [4.69, 9.17) is 14.6 Å². The van der Waals surface area contributed by atoms with Gasteiger partial charge < -0.3 is 24.6 Å². The maximum atomic E-state index is 10.4. The lowest BCUT2D eigenvalue weighted by atomic mass is 10.1. The highest BCUT2D eigenvalue weighted by Crippen LogP contribution is 2.13. The van der Waals surface area contributed by atoms with Gasteiger partial charge in [-0.3, -0.25) is 0 Å². The van der Waals surface area contributed by atoms with E-state index in [1.807, 2.05) is 6.92 Å². The molecule has 18 heavy (non-hydrogen) atoms. The molecule has 0 aromatic heterocycles. The summed E-state index contributed by atoms with van der Waals surface area (Å²) in [6, 6.07) is 0. The number of hydrogen-bond donors (Lipinski definition) is 2. The van der Waals surface area contributed by atoms with Gasteiger partial charge in [-0.1, -0.05) is 0 Å². The number of hydrogen-bond acceptors (Lipinski definition) is 5. The summed E-state index contributed by atoms with van der Waals surface area (Å²) in [7, 11) is 0. The second kappa shape index (κ2) is 8.42. The predicted molar refractivity (Wildman–Crippen MR) is 65.5 cm³/mol.